The molecule has 5 rings (SSSR count). The summed E-state index contributed by atoms with van der Waals surface area (Å²) in [5, 5.41) is 19.7. The highest BCUT2D eigenvalue weighted by Gasteiger charge is 2.81. The molecule has 0 spiro atoms. The Morgan fingerprint density at radius 2 is 2.36 bits per heavy atom. The molecule has 5 N–H and O–H groups in total. The summed E-state index contributed by atoms with van der Waals surface area (Å²) in [6, 6.07) is 0. The fourth-order valence-electron chi connectivity index (χ4n) is 4.01. The number of aromatic nitrogens is 4. The van der Waals surface area contributed by atoms with Crippen molar-refractivity contribution in [1.29, 1.82) is 0 Å². The van der Waals surface area contributed by atoms with E-state index in [9.17, 15) is 15.0 Å². The number of imidazole rings is 1. The molecule has 0 bridgehead atoms. The highest BCUT2D eigenvalue weighted by atomic mass is 16.7. The van der Waals surface area contributed by atoms with Crippen LogP contribution >= 0.6 is 0 Å². The Kier molecular flexibility index (Phi) is 1.98. The lowest BCUT2D eigenvalue weighted by atomic mass is 9.59. The van der Waals surface area contributed by atoms with Crippen LogP contribution in [0.3, 0.4) is 0 Å². The predicted molar refractivity (Wildman–Crippen MR) is 70.4 cm³/mol. The quantitative estimate of drug-likeness (QED) is 0.501. The average Bonchev–Trinajstić information content (AvgIpc) is 2.90. The second kappa shape index (κ2) is 3.49. The van der Waals surface area contributed by atoms with Gasteiger partial charge in [-0.25, -0.2) is 4.98 Å². The molecule has 2 saturated heterocycles. The molecule has 10 heteroatoms. The number of nitrogens with zero attached hydrogens (tertiary/aromatic N) is 3. The number of rotatable bonds is 2. The summed E-state index contributed by atoms with van der Waals surface area (Å²) in [6.45, 7) is -0.209. The first-order chi connectivity index (χ1) is 10.5. The van der Waals surface area contributed by atoms with E-state index in [1.165, 1.54) is 6.33 Å². The zero-order valence-electron chi connectivity index (χ0n) is 11.3. The van der Waals surface area contributed by atoms with Gasteiger partial charge >= 0.3 is 0 Å². The third-order valence-electron chi connectivity index (χ3n) is 4.90. The number of aliphatic hydroxyl groups excluding tert-OH is 1. The van der Waals surface area contributed by atoms with E-state index in [-0.39, 0.29) is 36.1 Å². The van der Waals surface area contributed by atoms with E-state index >= 15 is 0 Å². The van der Waals surface area contributed by atoms with Gasteiger partial charge < -0.3 is 25.4 Å². The molecule has 2 aromatic rings. The molecule has 4 heterocycles. The number of H-pyrrole nitrogens is 1. The number of nitrogens with one attached hydrogen (secondary N) is 1. The topological polar surface area (TPSA) is 149 Å². The van der Waals surface area contributed by atoms with Crippen LogP contribution in [0.25, 0.3) is 11.2 Å². The van der Waals surface area contributed by atoms with Crippen molar-refractivity contribution in [2.45, 2.75) is 30.1 Å². The van der Waals surface area contributed by atoms with Crippen LogP contribution in [-0.4, -0.2) is 53.8 Å². The number of anilines is 1. The van der Waals surface area contributed by atoms with E-state index in [1.54, 1.807) is 4.57 Å². The first-order valence-corrected chi connectivity index (χ1v) is 6.89. The van der Waals surface area contributed by atoms with Crippen molar-refractivity contribution < 1.29 is 19.7 Å². The van der Waals surface area contributed by atoms with Crippen LogP contribution in [0.5, 0.6) is 0 Å². The van der Waals surface area contributed by atoms with Crippen molar-refractivity contribution in [3.63, 3.8) is 0 Å². The Bertz CT molecular complexity index is 863. The van der Waals surface area contributed by atoms with Gasteiger partial charge in [0.15, 0.2) is 23.2 Å². The Morgan fingerprint density at radius 3 is 3.05 bits per heavy atom. The number of fused-ring (bicyclic) bond motifs is 1. The van der Waals surface area contributed by atoms with Gasteiger partial charge in [0, 0.05) is 6.42 Å². The predicted octanol–water partition coefficient (Wildman–Crippen LogP) is -1.93. The molecule has 0 radical (unpaired) electrons. The van der Waals surface area contributed by atoms with Crippen LogP contribution < -0.4 is 11.3 Å². The summed E-state index contributed by atoms with van der Waals surface area (Å²) in [4.78, 5) is 22.3. The molecule has 1 aliphatic carbocycles. The van der Waals surface area contributed by atoms with Gasteiger partial charge in [-0.2, -0.15) is 4.98 Å². The Balaban J connectivity index is 1.64. The molecular formula is C12H13N5O5. The molecule has 5 atom stereocenters. The zero-order valence-corrected chi connectivity index (χ0v) is 11.3. The van der Waals surface area contributed by atoms with Gasteiger partial charge in [-0.3, -0.25) is 14.3 Å². The normalized spacial score (nSPS) is 42.0. The largest absolute Gasteiger partial charge is 0.393 e. The maximum Gasteiger partial charge on any atom is 0.280 e. The van der Waals surface area contributed by atoms with Gasteiger partial charge in [-0.1, -0.05) is 0 Å². The summed E-state index contributed by atoms with van der Waals surface area (Å²) in [7, 11) is 0. The first-order valence-electron chi connectivity index (χ1n) is 6.89. The van der Waals surface area contributed by atoms with Crippen LogP contribution in [-0.2, 0) is 9.47 Å². The maximum absolute atomic E-state index is 11.8. The molecule has 4 unspecified atom stereocenters. The van der Waals surface area contributed by atoms with Crippen molar-refractivity contribution >= 4 is 17.1 Å². The van der Waals surface area contributed by atoms with Gasteiger partial charge in [0.05, 0.1) is 18.9 Å². The first kappa shape index (κ1) is 12.5. The molecule has 22 heavy (non-hydrogen) atoms. The molecular weight excluding hydrogens is 294 g/mol. The van der Waals surface area contributed by atoms with E-state index in [4.69, 9.17) is 15.2 Å². The van der Waals surface area contributed by atoms with E-state index in [1.807, 2.05) is 0 Å². The van der Waals surface area contributed by atoms with E-state index in [0.29, 0.717) is 0 Å². The molecule has 0 aromatic carbocycles. The smallest absolute Gasteiger partial charge is 0.280 e. The molecule has 1 saturated carbocycles. The third kappa shape index (κ3) is 1.19. The highest BCUT2D eigenvalue weighted by molar-refractivity contribution is 5.70. The lowest BCUT2D eigenvalue weighted by molar-refractivity contribution is -0.434. The van der Waals surface area contributed by atoms with Gasteiger partial charge in [-0.15, -0.1) is 0 Å². The van der Waals surface area contributed by atoms with Crippen LogP contribution in [0.4, 0.5) is 5.95 Å². The van der Waals surface area contributed by atoms with Crippen molar-refractivity contribution in [2.24, 2.45) is 5.92 Å². The van der Waals surface area contributed by atoms with Crippen LogP contribution in [0.15, 0.2) is 11.1 Å². The number of aromatic amines is 1. The number of aliphatic hydroxyl groups is 2. The lowest BCUT2D eigenvalue weighted by Crippen LogP contribution is -2.77. The van der Waals surface area contributed by atoms with Crippen LogP contribution in [0.1, 0.15) is 12.6 Å². The minimum atomic E-state index is -1.22. The number of ether oxygens (including phenoxy) is 2. The minimum Gasteiger partial charge on any atom is -0.393 e. The van der Waals surface area contributed by atoms with Crippen LogP contribution in [0, 0.1) is 5.92 Å². The number of hydrogen-bond donors (Lipinski definition) is 4. The second-order valence-corrected chi connectivity index (χ2v) is 6.09. The van der Waals surface area contributed by atoms with E-state index in [0.717, 1.165) is 0 Å². The average molecular weight is 307 g/mol. The standard InChI is InChI=1S/C12H13N5O5/c13-10-15-7-4(8(19)16-10)14-3-17(7)9-5-6-11(2-18,22-9)1-12(6,20)21-5/h3,5-6,9,18,20H,1-2H2,(H3,13,15,16,19)/t5?,6?,9?,11-,12?/m1/s1. The summed E-state index contributed by atoms with van der Waals surface area (Å²) >= 11 is 0. The zero-order chi connectivity index (χ0) is 15.3. The maximum atomic E-state index is 11.8. The van der Waals surface area contributed by atoms with Crippen molar-refractivity contribution in [2.75, 3.05) is 12.3 Å². The van der Waals surface area contributed by atoms with Crippen molar-refractivity contribution in [1.82, 2.24) is 19.5 Å². The van der Waals surface area contributed by atoms with E-state index in [2.05, 4.69) is 15.0 Å². The summed E-state index contributed by atoms with van der Waals surface area (Å²) in [6.07, 6.45) is 0.592. The van der Waals surface area contributed by atoms with Crippen LogP contribution in [0.2, 0.25) is 0 Å². The highest BCUT2D eigenvalue weighted by Crippen LogP contribution is 2.68. The third-order valence-corrected chi connectivity index (χ3v) is 4.90. The van der Waals surface area contributed by atoms with Crippen molar-refractivity contribution in [3.05, 3.63) is 16.7 Å². The minimum absolute atomic E-state index is 0.0249. The SMILES string of the molecule is Nc1nc2c(ncn2C2O[C@@]3(CO)CC4(O)OC2C43)c(=O)[nH]1. The monoisotopic (exact) mass is 307 g/mol. The molecule has 2 aliphatic heterocycles. The van der Waals surface area contributed by atoms with Gasteiger partial charge in [0.2, 0.25) is 5.95 Å². The molecule has 116 valence electrons. The van der Waals surface area contributed by atoms with Crippen molar-refractivity contribution in [3.8, 4) is 0 Å². The summed E-state index contributed by atoms with van der Waals surface area (Å²) in [5.74, 6) is -1.54. The fourth-order valence-corrected chi connectivity index (χ4v) is 4.01. The van der Waals surface area contributed by atoms with E-state index < -0.39 is 29.3 Å². The molecule has 2 aromatic heterocycles. The lowest BCUT2D eigenvalue weighted by Gasteiger charge is -2.62. The molecule has 3 fully saturated rings. The van der Waals surface area contributed by atoms with Gasteiger partial charge in [0.25, 0.3) is 5.56 Å². The number of hydrogen-bond acceptors (Lipinski definition) is 8. The molecule has 10 nitrogen and oxygen atoms in total. The summed E-state index contributed by atoms with van der Waals surface area (Å²) < 4.78 is 13.0. The Hall–Kier alpha value is -2.01. The molecule has 3 aliphatic rings. The van der Waals surface area contributed by atoms with Gasteiger partial charge in [0.1, 0.15) is 11.7 Å². The number of nitrogen functional groups attached to an aromatic ring is 1. The Labute approximate surface area is 122 Å². The van der Waals surface area contributed by atoms with Gasteiger partial charge in [-0.05, 0) is 0 Å². The Morgan fingerprint density at radius 1 is 1.55 bits per heavy atom. The summed E-state index contributed by atoms with van der Waals surface area (Å²) in [5.41, 5.74) is 4.74. The molecule has 0 amide bonds. The second-order valence-electron chi connectivity index (χ2n) is 6.09. The fraction of sp³-hybridized carbons (Fsp3) is 0.583. The number of nitrogens with two attached hydrogens (primary N) is 1.